The third-order valence-corrected chi connectivity index (χ3v) is 4.02. The van der Waals surface area contributed by atoms with Gasteiger partial charge >= 0.3 is 0 Å². The third-order valence-electron chi connectivity index (χ3n) is 4.02. The number of carbonyl (C=O) groups excluding carboxylic acids is 1. The number of carbonyl (C=O) groups is 1. The first-order chi connectivity index (χ1) is 10.8. The quantitative estimate of drug-likeness (QED) is 0.690. The van der Waals surface area contributed by atoms with Crippen molar-refractivity contribution in [2.75, 3.05) is 19.6 Å². The Hall–Kier alpha value is -1.55. The summed E-state index contributed by atoms with van der Waals surface area (Å²) in [7, 11) is 0. The minimum absolute atomic E-state index is 0.111. The highest BCUT2D eigenvalue weighted by Gasteiger charge is 2.16. The van der Waals surface area contributed by atoms with Gasteiger partial charge in [-0.25, -0.2) is 0 Å². The molecule has 122 valence electrons. The average Bonchev–Trinajstić information content (AvgIpc) is 3.03. The molecule has 1 amide bonds. The summed E-state index contributed by atoms with van der Waals surface area (Å²) in [6, 6.07) is 8.17. The third kappa shape index (κ3) is 6.06. The first kappa shape index (κ1) is 16.8. The Balaban J connectivity index is 1.71. The van der Waals surface area contributed by atoms with E-state index >= 15 is 0 Å². The van der Waals surface area contributed by atoms with E-state index in [0.717, 1.165) is 30.8 Å². The summed E-state index contributed by atoms with van der Waals surface area (Å²) in [6.07, 6.45) is 6.55. The summed E-state index contributed by atoms with van der Waals surface area (Å²) in [5, 5.41) is 6.12. The molecule has 0 spiro atoms. The number of benzene rings is 1. The van der Waals surface area contributed by atoms with Crippen molar-refractivity contribution in [3.63, 3.8) is 0 Å². The number of ether oxygens (including phenoxy) is 1. The molecule has 4 heteroatoms. The molecular formula is C18H28N2O2. The van der Waals surface area contributed by atoms with Crippen molar-refractivity contribution >= 4 is 5.91 Å². The number of amides is 1. The van der Waals surface area contributed by atoms with E-state index in [-0.39, 0.29) is 5.91 Å². The fourth-order valence-corrected chi connectivity index (χ4v) is 2.79. The van der Waals surface area contributed by atoms with E-state index in [0.29, 0.717) is 19.1 Å². The lowest BCUT2D eigenvalue weighted by Gasteiger charge is -2.13. The zero-order valence-electron chi connectivity index (χ0n) is 13.6. The second kappa shape index (κ2) is 9.46. The van der Waals surface area contributed by atoms with Crippen LogP contribution >= 0.6 is 0 Å². The molecule has 1 fully saturated rings. The maximum absolute atomic E-state index is 11.8. The minimum Gasteiger partial charge on any atom is -0.490 e. The maximum atomic E-state index is 11.8. The van der Waals surface area contributed by atoms with E-state index in [9.17, 15) is 4.79 Å². The molecule has 0 aliphatic heterocycles. The van der Waals surface area contributed by atoms with Gasteiger partial charge in [0.1, 0.15) is 5.75 Å². The van der Waals surface area contributed by atoms with Crippen molar-refractivity contribution in [1.29, 1.82) is 0 Å². The van der Waals surface area contributed by atoms with Crippen LogP contribution < -0.4 is 15.4 Å². The predicted octanol–water partition coefficient (Wildman–Crippen LogP) is 2.67. The molecule has 0 aromatic heterocycles. The van der Waals surface area contributed by atoms with Crippen LogP contribution in [0.2, 0.25) is 0 Å². The Morgan fingerprint density at radius 3 is 2.86 bits per heavy atom. The van der Waals surface area contributed by atoms with Gasteiger partial charge in [0.15, 0.2) is 0 Å². The fourth-order valence-electron chi connectivity index (χ4n) is 2.79. The van der Waals surface area contributed by atoms with Crippen LogP contribution in [-0.4, -0.2) is 31.6 Å². The number of likely N-dealkylation sites (N-methyl/N-ethyl adjacent to an activating group) is 1. The van der Waals surface area contributed by atoms with Gasteiger partial charge in [0.25, 0.3) is 0 Å². The Morgan fingerprint density at radius 1 is 1.27 bits per heavy atom. The number of hydrogen-bond acceptors (Lipinski definition) is 3. The van der Waals surface area contributed by atoms with Crippen molar-refractivity contribution in [3.8, 4) is 5.75 Å². The highest BCUT2D eigenvalue weighted by Crippen LogP contribution is 2.24. The van der Waals surface area contributed by atoms with Gasteiger partial charge in [-0.15, -0.1) is 0 Å². The molecule has 22 heavy (non-hydrogen) atoms. The van der Waals surface area contributed by atoms with Crippen molar-refractivity contribution in [2.24, 2.45) is 0 Å². The molecule has 2 rings (SSSR count). The highest BCUT2D eigenvalue weighted by molar-refractivity contribution is 5.76. The largest absolute Gasteiger partial charge is 0.490 e. The fraction of sp³-hybridized carbons (Fsp3) is 0.611. The standard InChI is InChI=1S/C18H28N2O2/c1-2-19-12-13-20-18(21)11-10-15-6-5-9-17(14-15)22-16-7-3-4-8-16/h5-6,9,14,16,19H,2-4,7-8,10-13H2,1H3,(H,20,21). The molecule has 2 N–H and O–H groups in total. The van der Waals surface area contributed by atoms with Gasteiger partial charge in [-0.1, -0.05) is 19.1 Å². The maximum Gasteiger partial charge on any atom is 0.220 e. The molecule has 1 saturated carbocycles. The lowest BCUT2D eigenvalue weighted by molar-refractivity contribution is -0.121. The zero-order chi connectivity index (χ0) is 15.6. The molecular weight excluding hydrogens is 276 g/mol. The van der Waals surface area contributed by atoms with Gasteiger partial charge in [0.2, 0.25) is 5.91 Å². The summed E-state index contributed by atoms with van der Waals surface area (Å²) in [5.74, 6) is 1.05. The number of rotatable bonds is 9. The number of aryl methyl sites for hydroxylation is 1. The molecule has 0 unspecified atom stereocenters. The van der Waals surface area contributed by atoms with E-state index in [1.807, 2.05) is 12.1 Å². The van der Waals surface area contributed by atoms with E-state index < -0.39 is 0 Å². The van der Waals surface area contributed by atoms with Crippen LogP contribution in [0.25, 0.3) is 0 Å². The first-order valence-electron chi connectivity index (χ1n) is 8.51. The van der Waals surface area contributed by atoms with Gasteiger partial charge in [0, 0.05) is 19.5 Å². The SMILES string of the molecule is CCNCCNC(=O)CCc1cccc(OC2CCCC2)c1. The predicted molar refractivity (Wildman–Crippen MR) is 89.2 cm³/mol. The molecule has 1 aromatic carbocycles. The van der Waals surface area contributed by atoms with Crippen LogP contribution in [0.3, 0.4) is 0 Å². The van der Waals surface area contributed by atoms with Crippen LogP contribution in [0.1, 0.15) is 44.6 Å². The Labute approximate surface area is 133 Å². The number of nitrogens with one attached hydrogen (secondary N) is 2. The van der Waals surface area contributed by atoms with Crippen LogP contribution in [0.15, 0.2) is 24.3 Å². The first-order valence-corrected chi connectivity index (χ1v) is 8.51. The Kier molecular flexibility index (Phi) is 7.23. The Bertz CT molecular complexity index is 456. The van der Waals surface area contributed by atoms with Crippen LogP contribution in [0, 0.1) is 0 Å². The van der Waals surface area contributed by atoms with Crippen LogP contribution in [0.5, 0.6) is 5.75 Å². The monoisotopic (exact) mass is 304 g/mol. The molecule has 0 radical (unpaired) electrons. The van der Waals surface area contributed by atoms with Crippen molar-refractivity contribution in [3.05, 3.63) is 29.8 Å². The van der Waals surface area contributed by atoms with E-state index in [4.69, 9.17) is 4.74 Å². The van der Waals surface area contributed by atoms with Crippen molar-refractivity contribution in [2.45, 2.75) is 51.6 Å². The van der Waals surface area contributed by atoms with Gasteiger partial charge in [-0.2, -0.15) is 0 Å². The second-order valence-corrected chi connectivity index (χ2v) is 5.88. The van der Waals surface area contributed by atoms with Gasteiger partial charge in [-0.05, 0) is 56.3 Å². The van der Waals surface area contributed by atoms with Gasteiger partial charge < -0.3 is 15.4 Å². The summed E-state index contributed by atoms with van der Waals surface area (Å²) in [5.41, 5.74) is 1.16. The summed E-state index contributed by atoms with van der Waals surface area (Å²) in [4.78, 5) is 11.8. The van der Waals surface area contributed by atoms with Gasteiger partial charge in [0.05, 0.1) is 6.10 Å². The van der Waals surface area contributed by atoms with E-state index in [1.165, 1.54) is 25.7 Å². The van der Waals surface area contributed by atoms with E-state index in [1.54, 1.807) is 0 Å². The van der Waals surface area contributed by atoms with Crippen molar-refractivity contribution < 1.29 is 9.53 Å². The molecule has 1 aliphatic rings. The lowest BCUT2D eigenvalue weighted by Crippen LogP contribution is -2.31. The topological polar surface area (TPSA) is 50.4 Å². The van der Waals surface area contributed by atoms with Crippen LogP contribution in [-0.2, 0) is 11.2 Å². The van der Waals surface area contributed by atoms with E-state index in [2.05, 4.69) is 29.7 Å². The molecule has 4 nitrogen and oxygen atoms in total. The smallest absolute Gasteiger partial charge is 0.220 e. The summed E-state index contributed by atoms with van der Waals surface area (Å²) in [6.45, 7) is 4.51. The molecule has 1 aliphatic carbocycles. The average molecular weight is 304 g/mol. The second-order valence-electron chi connectivity index (χ2n) is 5.88. The minimum atomic E-state index is 0.111. The molecule has 0 atom stereocenters. The lowest BCUT2D eigenvalue weighted by atomic mass is 10.1. The molecule has 0 saturated heterocycles. The zero-order valence-corrected chi connectivity index (χ0v) is 13.6. The van der Waals surface area contributed by atoms with Crippen LogP contribution in [0.4, 0.5) is 0 Å². The highest BCUT2D eigenvalue weighted by atomic mass is 16.5. The molecule has 0 bridgehead atoms. The molecule has 1 aromatic rings. The summed E-state index contributed by atoms with van der Waals surface area (Å²) < 4.78 is 6.01. The number of hydrogen-bond donors (Lipinski definition) is 2. The Morgan fingerprint density at radius 2 is 2.09 bits per heavy atom. The molecule has 0 heterocycles. The normalized spacial score (nSPS) is 15.0. The summed E-state index contributed by atoms with van der Waals surface area (Å²) >= 11 is 0. The van der Waals surface area contributed by atoms with Crippen molar-refractivity contribution in [1.82, 2.24) is 10.6 Å². The van der Waals surface area contributed by atoms with Gasteiger partial charge in [-0.3, -0.25) is 4.79 Å².